The van der Waals surface area contributed by atoms with E-state index in [2.05, 4.69) is 23.6 Å². The predicted molar refractivity (Wildman–Crippen MR) is 99.2 cm³/mol. The topological polar surface area (TPSA) is 68.5 Å². The van der Waals surface area contributed by atoms with Crippen LogP contribution in [0.2, 0.25) is 0 Å². The number of anilines is 1. The summed E-state index contributed by atoms with van der Waals surface area (Å²) < 4.78 is 30.1. The second-order valence-electron chi connectivity index (χ2n) is 7.20. The van der Waals surface area contributed by atoms with E-state index in [-0.39, 0.29) is 24.9 Å². The number of amides is 1. The van der Waals surface area contributed by atoms with E-state index in [0.717, 1.165) is 11.1 Å². The Morgan fingerprint density at radius 1 is 1.22 bits per heavy atom. The van der Waals surface area contributed by atoms with E-state index >= 15 is 0 Å². The van der Waals surface area contributed by atoms with Crippen molar-refractivity contribution in [3.63, 3.8) is 0 Å². The van der Waals surface area contributed by atoms with Crippen molar-refractivity contribution >= 4 is 11.6 Å². The minimum atomic E-state index is -2.97. The van der Waals surface area contributed by atoms with Crippen molar-refractivity contribution < 1.29 is 18.3 Å². The van der Waals surface area contributed by atoms with Crippen molar-refractivity contribution in [1.29, 1.82) is 0 Å². The number of alkyl halides is 2. The maximum absolute atomic E-state index is 12.7. The van der Waals surface area contributed by atoms with Gasteiger partial charge in [0.2, 0.25) is 11.8 Å². The van der Waals surface area contributed by atoms with E-state index in [1.54, 1.807) is 24.0 Å². The van der Waals surface area contributed by atoms with Crippen LogP contribution in [0, 0.1) is 6.92 Å². The Bertz CT molecular complexity index is 849. The number of hydrogen-bond donors (Lipinski definition) is 1. The Morgan fingerprint density at radius 3 is 2.48 bits per heavy atom. The lowest BCUT2D eigenvalue weighted by atomic mass is 9.69. The summed E-state index contributed by atoms with van der Waals surface area (Å²) in [7, 11) is 0. The first-order valence-corrected chi connectivity index (χ1v) is 8.81. The molecule has 3 rings (SSSR count). The highest BCUT2D eigenvalue weighted by Crippen LogP contribution is 2.43. The van der Waals surface area contributed by atoms with Crippen LogP contribution in [0.3, 0.4) is 0 Å². The van der Waals surface area contributed by atoms with Crippen LogP contribution in [-0.4, -0.2) is 30.6 Å². The van der Waals surface area contributed by atoms with Crippen LogP contribution in [-0.2, 0) is 10.2 Å². The van der Waals surface area contributed by atoms with Crippen LogP contribution < -0.4 is 15.4 Å². The SMILES string of the molecule is Cc1ccc(N2CC(C(N)=O)(c3ccccc3C(C)C)C2)c(OC(F)F)n1. The Morgan fingerprint density at radius 2 is 1.89 bits per heavy atom. The summed E-state index contributed by atoms with van der Waals surface area (Å²) in [5.74, 6) is -0.339. The first-order chi connectivity index (χ1) is 12.7. The van der Waals surface area contributed by atoms with E-state index < -0.39 is 17.9 Å². The van der Waals surface area contributed by atoms with Crippen LogP contribution in [0.15, 0.2) is 36.4 Å². The highest BCUT2D eigenvalue weighted by atomic mass is 19.3. The number of hydrogen-bond acceptors (Lipinski definition) is 4. The third-order valence-electron chi connectivity index (χ3n) is 5.01. The number of aromatic nitrogens is 1. The molecule has 0 saturated carbocycles. The van der Waals surface area contributed by atoms with Gasteiger partial charge >= 0.3 is 6.61 Å². The van der Waals surface area contributed by atoms with Crippen LogP contribution in [0.1, 0.15) is 36.6 Å². The number of benzene rings is 1. The van der Waals surface area contributed by atoms with E-state index in [4.69, 9.17) is 5.73 Å². The van der Waals surface area contributed by atoms with Crippen molar-refractivity contribution in [1.82, 2.24) is 4.98 Å². The number of aryl methyl sites for hydroxylation is 1. The first kappa shape index (κ1) is 19.1. The fraction of sp³-hybridized carbons (Fsp3) is 0.400. The summed E-state index contributed by atoms with van der Waals surface area (Å²) in [5, 5.41) is 0. The minimum Gasteiger partial charge on any atom is -0.415 e. The molecule has 0 radical (unpaired) electrons. The summed E-state index contributed by atoms with van der Waals surface area (Å²) in [5.41, 5.74) is 7.86. The molecule has 27 heavy (non-hydrogen) atoms. The average molecular weight is 375 g/mol. The van der Waals surface area contributed by atoms with Gasteiger partial charge in [-0.3, -0.25) is 4.79 Å². The van der Waals surface area contributed by atoms with Crippen molar-refractivity contribution in [2.75, 3.05) is 18.0 Å². The van der Waals surface area contributed by atoms with Crippen LogP contribution in [0.5, 0.6) is 5.88 Å². The standard InChI is InChI=1S/C20H23F2N3O2/c1-12(2)14-6-4-5-7-15(14)20(18(23)26)10-25(11-20)16-9-8-13(3)24-17(16)27-19(21)22/h4-9,12,19H,10-11H2,1-3H3,(H2,23,26). The molecule has 1 aliphatic heterocycles. The van der Waals surface area contributed by atoms with Gasteiger partial charge in [0.1, 0.15) is 11.1 Å². The Labute approximate surface area is 157 Å². The molecule has 0 aliphatic carbocycles. The fourth-order valence-electron chi connectivity index (χ4n) is 3.61. The lowest BCUT2D eigenvalue weighted by molar-refractivity contribution is -0.124. The van der Waals surface area contributed by atoms with Gasteiger partial charge in [-0.15, -0.1) is 0 Å². The number of rotatable bonds is 6. The maximum Gasteiger partial charge on any atom is 0.388 e. The molecule has 1 fully saturated rings. The molecule has 2 N–H and O–H groups in total. The molecule has 0 atom stereocenters. The molecular weight excluding hydrogens is 352 g/mol. The molecule has 1 aliphatic rings. The molecule has 2 aromatic rings. The maximum atomic E-state index is 12.7. The number of nitrogens with two attached hydrogens (primary N) is 1. The predicted octanol–water partition coefficient (Wildman–Crippen LogP) is 3.36. The van der Waals surface area contributed by atoms with Gasteiger partial charge in [-0.2, -0.15) is 8.78 Å². The van der Waals surface area contributed by atoms with E-state index in [1.807, 2.05) is 24.3 Å². The molecule has 0 unspecified atom stereocenters. The van der Waals surface area contributed by atoms with Crippen LogP contribution in [0.4, 0.5) is 14.5 Å². The highest BCUT2D eigenvalue weighted by Gasteiger charge is 2.51. The second-order valence-corrected chi connectivity index (χ2v) is 7.20. The number of carbonyl (C=O) groups excluding carboxylic acids is 1. The molecule has 144 valence electrons. The van der Waals surface area contributed by atoms with Crippen LogP contribution >= 0.6 is 0 Å². The van der Waals surface area contributed by atoms with Gasteiger partial charge in [0.15, 0.2) is 0 Å². The summed E-state index contributed by atoms with van der Waals surface area (Å²) in [6.45, 7) is 3.42. The van der Waals surface area contributed by atoms with Crippen molar-refractivity contribution in [3.8, 4) is 5.88 Å². The van der Waals surface area contributed by atoms with Crippen molar-refractivity contribution in [3.05, 3.63) is 53.2 Å². The lowest BCUT2D eigenvalue weighted by Crippen LogP contribution is -2.66. The smallest absolute Gasteiger partial charge is 0.388 e. The average Bonchev–Trinajstić information content (AvgIpc) is 2.55. The number of carbonyl (C=O) groups is 1. The highest BCUT2D eigenvalue weighted by molar-refractivity contribution is 5.91. The fourth-order valence-corrected chi connectivity index (χ4v) is 3.61. The zero-order valence-electron chi connectivity index (χ0n) is 15.6. The monoisotopic (exact) mass is 375 g/mol. The number of halogens is 2. The quantitative estimate of drug-likeness (QED) is 0.841. The van der Waals surface area contributed by atoms with Gasteiger partial charge in [0.05, 0.1) is 0 Å². The number of pyridine rings is 1. The third-order valence-corrected chi connectivity index (χ3v) is 5.01. The molecule has 1 aromatic carbocycles. The van der Waals surface area contributed by atoms with E-state index in [9.17, 15) is 13.6 Å². The second kappa shape index (κ2) is 7.13. The summed E-state index contributed by atoms with van der Waals surface area (Å²) in [4.78, 5) is 18.3. The molecule has 0 spiro atoms. The Hall–Kier alpha value is -2.70. The molecule has 2 heterocycles. The van der Waals surface area contributed by atoms with Gasteiger partial charge in [-0.05, 0) is 36.1 Å². The van der Waals surface area contributed by atoms with E-state index in [0.29, 0.717) is 11.4 Å². The lowest BCUT2D eigenvalue weighted by Gasteiger charge is -2.50. The van der Waals surface area contributed by atoms with E-state index in [1.165, 1.54) is 0 Å². The van der Waals surface area contributed by atoms with Crippen molar-refractivity contribution in [2.24, 2.45) is 5.73 Å². The third kappa shape index (κ3) is 3.46. The molecular formula is C20H23F2N3O2. The van der Waals surface area contributed by atoms with Gasteiger partial charge < -0.3 is 15.4 Å². The normalized spacial score (nSPS) is 15.7. The number of primary amides is 1. The molecule has 0 bridgehead atoms. The number of nitrogens with zero attached hydrogens (tertiary/aromatic N) is 2. The summed E-state index contributed by atoms with van der Waals surface area (Å²) >= 11 is 0. The van der Waals surface area contributed by atoms with Gasteiger partial charge in [-0.1, -0.05) is 38.1 Å². The van der Waals surface area contributed by atoms with Gasteiger partial charge in [0, 0.05) is 18.8 Å². The van der Waals surface area contributed by atoms with Gasteiger partial charge in [0.25, 0.3) is 0 Å². The molecule has 7 heteroatoms. The largest absolute Gasteiger partial charge is 0.415 e. The molecule has 5 nitrogen and oxygen atoms in total. The molecule has 1 aromatic heterocycles. The Balaban J connectivity index is 1.95. The summed E-state index contributed by atoms with van der Waals surface area (Å²) in [6.07, 6.45) is 0. The summed E-state index contributed by atoms with van der Waals surface area (Å²) in [6, 6.07) is 11.1. The first-order valence-electron chi connectivity index (χ1n) is 8.81. The van der Waals surface area contributed by atoms with Crippen LogP contribution in [0.25, 0.3) is 0 Å². The Kier molecular flexibility index (Phi) is 5.04. The van der Waals surface area contributed by atoms with Crippen molar-refractivity contribution in [2.45, 2.75) is 38.7 Å². The zero-order valence-corrected chi connectivity index (χ0v) is 15.6. The van der Waals surface area contributed by atoms with Gasteiger partial charge in [-0.25, -0.2) is 4.98 Å². The zero-order chi connectivity index (χ0) is 19.8. The molecule has 1 saturated heterocycles. The number of ether oxygens (including phenoxy) is 1. The minimum absolute atomic E-state index is 0.139. The molecule has 1 amide bonds.